The second-order valence-corrected chi connectivity index (χ2v) is 12.6. The molecule has 0 aliphatic heterocycles. The SMILES string of the molecule is c1ccc(-c2ccc(N(c3ccc4c5c6ccccc6n6c7ccccc7n(c4c3)c56)c3cccc4c3oc3ccccc34)cc2)cc1. The Morgan fingerprint density at radius 2 is 1.02 bits per heavy atom. The van der Waals surface area contributed by atoms with Crippen molar-refractivity contribution >= 4 is 82.9 Å². The van der Waals surface area contributed by atoms with Crippen LogP contribution in [0, 0.1) is 0 Å². The summed E-state index contributed by atoms with van der Waals surface area (Å²) in [5.74, 6) is 0. The molecule has 48 heavy (non-hydrogen) atoms. The molecule has 0 aliphatic carbocycles. The number of rotatable bonds is 4. The monoisotopic (exact) mass is 613 g/mol. The van der Waals surface area contributed by atoms with Crippen LogP contribution in [0.3, 0.4) is 0 Å². The fraction of sp³-hybridized carbons (Fsp3) is 0. The molecule has 0 saturated carbocycles. The highest BCUT2D eigenvalue weighted by atomic mass is 16.3. The number of para-hydroxylation sites is 5. The number of nitrogens with zero attached hydrogens (tertiary/aromatic N) is 3. The van der Waals surface area contributed by atoms with Gasteiger partial charge in [0.05, 0.1) is 27.8 Å². The number of benzene rings is 7. The van der Waals surface area contributed by atoms with E-state index in [1.54, 1.807) is 0 Å². The predicted molar refractivity (Wildman–Crippen MR) is 199 cm³/mol. The zero-order valence-electron chi connectivity index (χ0n) is 25.8. The molecule has 4 aromatic heterocycles. The Kier molecular flexibility index (Phi) is 5.08. The molecule has 0 amide bonds. The van der Waals surface area contributed by atoms with Gasteiger partial charge in [0.2, 0.25) is 0 Å². The molecule has 0 spiro atoms. The Labute approximate surface area is 275 Å². The fourth-order valence-electron chi connectivity index (χ4n) is 7.97. The number of furan rings is 1. The Bertz CT molecular complexity index is 2990. The minimum absolute atomic E-state index is 0.874. The van der Waals surface area contributed by atoms with Crippen LogP contribution in [0.25, 0.3) is 76.9 Å². The standard InChI is InChI=1S/C44H27N3O/c1-2-11-28(12-3-1)29-21-23-30(24-22-29)45(39-19-10-15-33-32-13-5-9-20-41(32)48-43(33)39)31-25-26-35-40(27-31)47-38-18-8-7-17-37(38)46-36-16-6-4-14-34(36)42(35)44(46)47/h1-27H. The third kappa shape index (κ3) is 3.38. The van der Waals surface area contributed by atoms with Gasteiger partial charge in [0.15, 0.2) is 5.58 Å². The van der Waals surface area contributed by atoms with E-state index in [0.29, 0.717) is 0 Å². The smallest absolute Gasteiger partial charge is 0.159 e. The Morgan fingerprint density at radius 1 is 0.417 bits per heavy atom. The minimum Gasteiger partial charge on any atom is -0.454 e. The molecule has 0 saturated heterocycles. The maximum absolute atomic E-state index is 6.62. The van der Waals surface area contributed by atoms with Gasteiger partial charge in [-0.3, -0.25) is 8.80 Å². The van der Waals surface area contributed by atoms with Crippen LogP contribution < -0.4 is 4.90 Å². The lowest BCUT2D eigenvalue weighted by atomic mass is 10.0. The fourth-order valence-corrected chi connectivity index (χ4v) is 7.97. The van der Waals surface area contributed by atoms with E-state index in [2.05, 4.69) is 171 Å². The van der Waals surface area contributed by atoms with Crippen LogP contribution in [0.4, 0.5) is 17.1 Å². The van der Waals surface area contributed by atoms with Crippen LogP contribution in [0.15, 0.2) is 168 Å². The molecule has 0 aliphatic rings. The highest BCUT2D eigenvalue weighted by molar-refractivity contribution is 6.24. The van der Waals surface area contributed by atoms with Gasteiger partial charge in [-0.2, -0.15) is 0 Å². The second-order valence-electron chi connectivity index (χ2n) is 12.6. The maximum atomic E-state index is 6.62. The highest BCUT2D eigenvalue weighted by Crippen LogP contribution is 2.46. The van der Waals surface area contributed by atoms with Crippen LogP contribution in [0.2, 0.25) is 0 Å². The van der Waals surface area contributed by atoms with Gasteiger partial charge in [0.1, 0.15) is 11.2 Å². The van der Waals surface area contributed by atoms with Crippen molar-refractivity contribution in [2.75, 3.05) is 4.90 Å². The number of aromatic nitrogens is 2. The summed E-state index contributed by atoms with van der Waals surface area (Å²) >= 11 is 0. The van der Waals surface area contributed by atoms with Crippen LogP contribution in [0.1, 0.15) is 0 Å². The molecule has 0 unspecified atom stereocenters. The van der Waals surface area contributed by atoms with Crippen molar-refractivity contribution in [1.29, 1.82) is 0 Å². The lowest BCUT2D eigenvalue weighted by Gasteiger charge is -2.26. The molecule has 0 atom stereocenters. The lowest BCUT2D eigenvalue weighted by Crippen LogP contribution is -2.10. The molecule has 0 N–H and O–H groups in total. The summed E-state index contributed by atoms with van der Waals surface area (Å²) in [4.78, 5) is 2.34. The molecular formula is C44H27N3O. The van der Waals surface area contributed by atoms with Crippen LogP contribution in [0.5, 0.6) is 0 Å². The van der Waals surface area contributed by atoms with Gasteiger partial charge in [-0.15, -0.1) is 0 Å². The van der Waals surface area contributed by atoms with Crippen molar-refractivity contribution < 1.29 is 4.42 Å². The zero-order valence-corrected chi connectivity index (χ0v) is 25.8. The van der Waals surface area contributed by atoms with E-state index in [1.165, 1.54) is 55.0 Å². The van der Waals surface area contributed by atoms with E-state index in [1.807, 2.05) is 6.07 Å². The van der Waals surface area contributed by atoms with Gasteiger partial charge >= 0.3 is 0 Å². The predicted octanol–water partition coefficient (Wildman–Crippen LogP) is 12.1. The maximum Gasteiger partial charge on any atom is 0.159 e. The topological polar surface area (TPSA) is 25.2 Å². The van der Waals surface area contributed by atoms with E-state index in [-0.39, 0.29) is 0 Å². The van der Waals surface area contributed by atoms with Gasteiger partial charge in [-0.1, -0.05) is 109 Å². The molecule has 0 fully saturated rings. The Morgan fingerprint density at radius 3 is 1.83 bits per heavy atom. The summed E-state index contributed by atoms with van der Waals surface area (Å²) in [6.07, 6.45) is 0. The van der Waals surface area contributed by atoms with Crippen molar-refractivity contribution in [2.45, 2.75) is 0 Å². The Balaban J connectivity index is 1.21. The number of hydrogen-bond donors (Lipinski definition) is 0. The molecule has 4 nitrogen and oxygen atoms in total. The summed E-state index contributed by atoms with van der Waals surface area (Å²) in [6.45, 7) is 0. The summed E-state index contributed by atoms with van der Waals surface area (Å²) in [6, 6.07) is 58.6. The summed E-state index contributed by atoms with van der Waals surface area (Å²) < 4.78 is 11.5. The second kappa shape index (κ2) is 9.50. The summed E-state index contributed by atoms with van der Waals surface area (Å²) in [7, 11) is 0. The first kappa shape index (κ1) is 25.6. The third-order valence-corrected chi connectivity index (χ3v) is 10.0. The molecule has 11 aromatic rings. The van der Waals surface area contributed by atoms with E-state index < -0.39 is 0 Å². The van der Waals surface area contributed by atoms with E-state index >= 15 is 0 Å². The van der Waals surface area contributed by atoms with Crippen molar-refractivity contribution in [3.63, 3.8) is 0 Å². The molecule has 7 aromatic carbocycles. The molecular weight excluding hydrogens is 587 g/mol. The van der Waals surface area contributed by atoms with Crippen LogP contribution in [-0.4, -0.2) is 8.80 Å². The Hall–Kier alpha value is -6.52. The van der Waals surface area contributed by atoms with Gasteiger partial charge in [-0.25, -0.2) is 0 Å². The molecule has 224 valence electrons. The van der Waals surface area contributed by atoms with E-state index in [0.717, 1.165) is 39.0 Å². The lowest BCUT2D eigenvalue weighted by molar-refractivity contribution is 0.669. The van der Waals surface area contributed by atoms with Crippen LogP contribution >= 0.6 is 0 Å². The minimum atomic E-state index is 0.874. The average molecular weight is 614 g/mol. The van der Waals surface area contributed by atoms with Gasteiger partial charge < -0.3 is 9.32 Å². The van der Waals surface area contributed by atoms with Crippen molar-refractivity contribution in [3.8, 4) is 11.1 Å². The van der Waals surface area contributed by atoms with Crippen LogP contribution in [-0.2, 0) is 0 Å². The molecule has 0 radical (unpaired) electrons. The number of hydrogen-bond acceptors (Lipinski definition) is 2. The highest BCUT2D eigenvalue weighted by Gasteiger charge is 2.25. The summed E-state index contributed by atoms with van der Waals surface area (Å²) in [5.41, 5.74) is 13.3. The van der Waals surface area contributed by atoms with Gasteiger partial charge in [0.25, 0.3) is 0 Å². The van der Waals surface area contributed by atoms with Gasteiger partial charge in [-0.05, 0) is 65.7 Å². The van der Waals surface area contributed by atoms with Crippen molar-refractivity contribution in [3.05, 3.63) is 164 Å². The number of fused-ring (bicyclic) bond motifs is 12. The number of anilines is 3. The third-order valence-electron chi connectivity index (χ3n) is 10.0. The van der Waals surface area contributed by atoms with E-state index in [4.69, 9.17) is 4.42 Å². The summed E-state index contributed by atoms with van der Waals surface area (Å²) in [5, 5.41) is 6.05. The molecule has 0 bridgehead atoms. The zero-order chi connectivity index (χ0) is 31.3. The van der Waals surface area contributed by atoms with Crippen molar-refractivity contribution in [1.82, 2.24) is 8.80 Å². The average Bonchev–Trinajstić information content (AvgIpc) is 3.88. The largest absolute Gasteiger partial charge is 0.454 e. The molecule has 11 rings (SSSR count). The first-order chi connectivity index (χ1) is 23.8. The van der Waals surface area contributed by atoms with Gasteiger partial charge in [0, 0.05) is 38.3 Å². The quantitative estimate of drug-likeness (QED) is 0.197. The molecule has 4 heterocycles. The first-order valence-electron chi connectivity index (χ1n) is 16.4. The number of imidazole rings is 1. The normalized spacial score (nSPS) is 12.2. The molecule has 4 heteroatoms. The van der Waals surface area contributed by atoms with Crippen molar-refractivity contribution in [2.24, 2.45) is 0 Å². The van der Waals surface area contributed by atoms with E-state index in [9.17, 15) is 0 Å². The first-order valence-corrected chi connectivity index (χ1v) is 16.4.